The summed E-state index contributed by atoms with van der Waals surface area (Å²) < 4.78 is 22.8. The number of guanidine groups is 1. The van der Waals surface area contributed by atoms with Crippen LogP contribution in [0.25, 0.3) is 0 Å². The highest BCUT2D eigenvalue weighted by molar-refractivity contribution is 7.89. The lowest BCUT2D eigenvalue weighted by atomic mass is 10.2. The van der Waals surface area contributed by atoms with E-state index in [-0.39, 0.29) is 4.90 Å². The van der Waals surface area contributed by atoms with E-state index in [9.17, 15) is 8.42 Å². The SMILES string of the molecule is CN=C(NCc1cccc(S(N)(=O)=O)c1)N(C)Cc1ccccc1. The molecule has 0 fully saturated rings. The minimum absolute atomic E-state index is 0.106. The predicted octanol–water partition coefficient (Wildman–Crippen LogP) is 1.54. The minimum atomic E-state index is -3.69. The van der Waals surface area contributed by atoms with Crippen molar-refractivity contribution in [3.8, 4) is 0 Å². The summed E-state index contributed by atoms with van der Waals surface area (Å²) in [7, 11) is -0.0345. The first-order valence-electron chi connectivity index (χ1n) is 7.47. The van der Waals surface area contributed by atoms with E-state index in [1.165, 1.54) is 11.6 Å². The Balaban J connectivity index is 2.01. The van der Waals surface area contributed by atoms with Gasteiger partial charge in [-0.3, -0.25) is 4.99 Å². The molecule has 2 aromatic rings. The molecular formula is C17H22N4O2S. The molecule has 0 aliphatic rings. The molecular weight excluding hydrogens is 324 g/mol. The average Bonchev–Trinajstić information content (AvgIpc) is 2.56. The number of hydrogen-bond acceptors (Lipinski definition) is 3. The lowest BCUT2D eigenvalue weighted by Crippen LogP contribution is -2.38. The van der Waals surface area contributed by atoms with Crippen molar-refractivity contribution in [3.05, 3.63) is 65.7 Å². The Labute approximate surface area is 143 Å². The largest absolute Gasteiger partial charge is 0.352 e. The summed E-state index contributed by atoms with van der Waals surface area (Å²) in [5.74, 6) is 0.722. The molecule has 0 saturated heterocycles. The van der Waals surface area contributed by atoms with Crippen molar-refractivity contribution < 1.29 is 8.42 Å². The predicted molar refractivity (Wildman–Crippen MR) is 95.9 cm³/mol. The summed E-state index contributed by atoms with van der Waals surface area (Å²) in [6.07, 6.45) is 0. The van der Waals surface area contributed by atoms with Crippen LogP contribution in [-0.2, 0) is 23.1 Å². The van der Waals surface area contributed by atoms with Crippen LogP contribution in [-0.4, -0.2) is 33.4 Å². The van der Waals surface area contributed by atoms with Gasteiger partial charge in [0.1, 0.15) is 0 Å². The molecule has 0 radical (unpaired) electrons. The lowest BCUT2D eigenvalue weighted by Gasteiger charge is -2.22. The second-order valence-corrected chi connectivity index (χ2v) is 7.00. The van der Waals surface area contributed by atoms with E-state index in [4.69, 9.17) is 5.14 Å². The summed E-state index contributed by atoms with van der Waals surface area (Å²) in [5, 5.41) is 8.39. The van der Waals surface area contributed by atoms with Crippen molar-refractivity contribution in [2.45, 2.75) is 18.0 Å². The fourth-order valence-electron chi connectivity index (χ4n) is 2.33. The smallest absolute Gasteiger partial charge is 0.238 e. The Kier molecular flexibility index (Phi) is 5.94. The van der Waals surface area contributed by atoms with Gasteiger partial charge in [-0.2, -0.15) is 0 Å². The first kappa shape index (κ1) is 18.0. The number of rotatable bonds is 5. The maximum absolute atomic E-state index is 11.4. The summed E-state index contributed by atoms with van der Waals surface area (Å²) in [5.41, 5.74) is 2.00. The molecule has 24 heavy (non-hydrogen) atoms. The molecule has 6 nitrogen and oxygen atoms in total. The highest BCUT2D eigenvalue weighted by Gasteiger charge is 2.09. The van der Waals surface area contributed by atoms with Crippen molar-refractivity contribution in [1.29, 1.82) is 0 Å². The summed E-state index contributed by atoms with van der Waals surface area (Å²) in [6, 6.07) is 16.6. The van der Waals surface area contributed by atoms with Crippen molar-refractivity contribution in [2.24, 2.45) is 10.1 Å². The quantitative estimate of drug-likeness (QED) is 0.635. The van der Waals surface area contributed by atoms with E-state index in [1.807, 2.05) is 36.2 Å². The van der Waals surface area contributed by atoms with Gasteiger partial charge in [0.2, 0.25) is 10.0 Å². The number of aliphatic imine (C=N–C) groups is 1. The molecule has 0 spiro atoms. The Hall–Kier alpha value is -2.38. The maximum Gasteiger partial charge on any atom is 0.238 e. The Morgan fingerprint density at radius 3 is 2.42 bits per heavy atom. The first-order valence-corrected chi connectivity index (χ1v) is 9.02. The fraction of sp³-hybridized carbons (Fsp3) is 0.235. The molecule has 0 atom stereocenters. The number of nitrogens with two attached hydrogens (primary N) is 1. The number of sulfonamides is 1. The normalized spacial score (nSPS) is 12.0. The van der Waals surface area contributed by atoms with Crippen LogP contribution in [0.15, 0.2) is 64.5 Å². The van der Waals surface area contributed by atoms with Gasteiger partial charge in [-0.25, -0.2) is 13.6 Å². The highest BCUT2D eigenvalue weighted by atomic mass is 32.2. The van der Waals surface area contributed by atoms with Crippen LogP contribution in [0, 0.1) is 0 Å². The molecule has 0 unspecified atom stereocenters. The van der Waals surface area contributed by atoms with Crippen LogP contribution >= 0.6 is 0 Å². The average molecular weight is 346 g/mol. The maximum atomic E-state index is 11.4. The third-order valence-electron chi connectivity index (χ3n) is 3.51. The minimum Gasteiger partial charge on any atom is -0.352 e. The second-order valence-electron chi connectivity index (χ2n) is 5.43. The van der Waals surface area contributed by atoms with Crippen LogP contribution in [0.1, 0.15) is 11.1 Å². The van der Waals surface area contributed by atoms with Gasteiger partial charge in [0.25, 0.3) is 0 Å². The van der Waals surface area contributed by atoms with Crippen LogP contribution in [0.3, 0.4) is 0 Å². The van der Waals surface area contributed by atoms with Crippen molar-refractivity contribution >= 4 is 16.0 Å². The van der Waals surface area contributed by atoms with E-state index in [0.717, 1.165) is 18.1 Å². The standard InChI is InChI=1S/C17H22N4O2S/c1-19-17(21(2)13-14-7-4-3-5-8-14)20-12-15-9-6-10-16(11-15)24(18,22)23/h3-11H,12-13H2,1-2H3,(H,19,20)(H2,18,22,23). The lowest BCUT2D eigenvalue weighted by molar-refractivity contribution is 0.476. The van der Waals surface area contributed by atoms with Gasteiger partial charge in [-0.05, 0) is 23.3 Å². The van der Waals surface area contributed by atoms with Gasteiger partial charge in [0.05, 0.1) is 4.90 Å². The molecule has 0 aliphatic heterocycles. The zero-order valence-electron chi connectivity index (χ0n) is 13.8. The fourth-order valence-corrected chi connectivity index (χ4v) is 2.91. The number of nitrogens with zero attached hydrogens (tertiary/aromatic N) is 2. The van der Waals surface area contributed by atoms with Crippen molar-refractivity contribution in [1.82, 2.24) is 10.2 Å². The topological polar surface area (TPSA) is 87.8 Å². The molecule has 2 rings (SSSR count). The Bertz CT molecular complexity index is 804. The molecule has 0 saturated carbocycles. The molecule has 0 amide bonds. The molecule has 0 heterocycles. The Morgan fingerprint density at radius 2 is 1.79 bits per heavy atom. The van der Waals surface area contributed by atoms with Gasteiger partial charge < -0.3 is 10.2 Å². The van der Waals surface area contributed by atoms with Gasteiger partial charge in [0, 0.05) is 27.2 Å². The zero-order valence-corrected chi connectivity index (χ0v) is 14.6. The molecule has 0 aromatic heterocycles. The second kappa shape index (κ2) is 7.94. The monoisotopic (exact) mass is 346 g/mol. The zero-order chi connectivity index (χ0) is 17.6. The first-order chi connectivity index (χ1) is 11.4. The van der Waals surface area contributed by atoms with E-state index in [2.05, 4.69) is 22.4 Å². The van der Waals surface area contributed by atoms with Gasteiger partial charge in [-0.15, -0.1) is 0 Å². The molecule has 7 heteroatoms. The third kappa shape index (κ3) is 5.07. The van der Waals surface area contributed by atoms with E-state index >= 15 is 0 Å². The van der Waals surface area contributed by atoms with Gasteiger partial charge >= 0.3 is 0 Å². The van der Waals surface area contributed by atoms with Crippen molar-refractivity contribution in [2.75, 3.05) is 14.1 Å². The summed E-state index contributed by atoms with van der Waals surface area (Å²) in [6.45, 7) is 1.17. The number of nitrogens with one attached hydrogen (secondary N) is 1. The number of primary sulfonamides is 1. The summed E-state index contributed by atoms with van der Waals surface area (Å²) in [4.78, 5) is 6.36. The van der Waals surface area contributed by atoms with Crippen LogP contribution < -0.4 is 10.5 Å². The van der Waals surface area contributed by atoms with E-state index in [0.29, 0.717) is 6.54 Å². The van der Waals surface area contributed by atoms with E-state index in [1.54, 1.807) is 19.2 Å². The van der Waals surface area contributed by atoms with Gasteiger partial charge in [0.15, 0.2) is 5.96 Å². The molecule has 3 N–H and O–H groups in total. The van der Waals surface area contributed by atoms with Crippen molar-refractivity contribution in [3.63, 3.8) is 0 Å². The summed E-state index contributed by atoms with van der Waals surface area (Å²) >= 11 is 0. The van der Waals surface area contributed by atoms with Gasteiger partial charge in [-0.1, -0.05) is 42.5 Å². The van der Waals surface area contributed by atoms with E-state index < -0.39 is 10.0 Å². The Morgan fingerprint density at radius 1 is 1.12 bits per heavy atom. The van der Waals surface area contributed by atoms with Crippen LogP contribution in [0.2, 0.25) is 0 Å². The number of hydrogen-bond donors (Lipinski definition) is 2. The highest BCUT2D eigenvalue weighted by Crippen LogP contribution is 2.10. The molecule has 2 aromatic carbocycles. The van der Waals surface area contributed by atoms with Crippen LogP contribution in [0.4, 0.5) is 0 Å². The molecule has 128 valence electrons. The number of benzene rings is 2. The third-order valence-corrected chi connectivity index (χ3v) is 4.42. The molecule has 0 aliphatic carbocycles. The van der Waals surface area contributed by atoms with Crippen LogP contribution in [0.5, 0.6) is 0 Å². The molecule has 0 bridgehead atoms.